The number of pyridine rings is 2. The molecule has 0 spiro atoms. The number of nitrogens with zero attached hydrogens (tertiary/aromatic N) is 2. The van der Waals surface area contributed by atoms with E-state index in [-0.39, 0.29) is 0 Å². The molecule has 4 aromatic rings. The summed E-state index contributed by atoms with van der Waals surface area (Å²) in [6, 6.07) is 21.5. The van der Waals surface area contributed by atoms with E-state index in [0.717, 1.165) is 0 Å². The number of benzene rings is 1. The van der Waals surface area contributed by atoms with Crippen LogP contribution in [-0.2, 0) is 7.05 Å². The molecule has 0 N–H and O–H groups in total. The Hall–Kier alpha value is -2.87. The molecule has 0 unspecified atom stereocenters. The highest BCUT2D eigenvalue weighted by atomic mass is 14.9. The fourth-order valence-corrected chi connectivity index (χ4v) is 3.14. The van der Waals surface area contributed by atoms with E-state index >= 15 is 0 Å². The first-order chi connectivity index (χ1) is 11.2. The number of fused-ring (bicyclic) bond motifs is 1. The van der Waals surface area contributed by atoms with Crippen LogP contribution in [0.2, 0.25) is 0 Å². The van der Waals surface area contributed by atoms with Gasteiger partial charge in [0.1, 0.15) is 7.05 Å². The topological polar surface area (TPSA) is 8.29 Å². The van der Waals surface area contributed by atoms with Gasteiger partial charge in [0.2, 0.25) is 5.69 Å². The van der Waals surface area contributed by atoms with Crippen molar-refractivity contribution in [2.24, 2.45) is 7.05 Å². The average Bonchev–Trinajstić information content (AvgIpc) is 3.03. The van der Waals surface area contributed by atoms with Crippen LogP contribution in [0.3, 0.4) is 0 Å². The summed E-state index contributed by atoms with van der Waals surface area (Å²) in [4.78, 5) is 0. The molecule has 0 radical (unpaired) electrons. The molecular weight excluding hydrogens is 280 g/mol. The van der Waals surface area contributed by atoms with E-state index in [4.69, 9.17) is 0 Å². The quantitative estimate of drug-likeness (QED) is 0.485. The average molecular weight is 299 g/mol. The van der Waals surface area contributed by atoms with Gasteiger partial charge < -0.3 is 4.40 Å². The summed E-state index contributed by atoms with van der Waals surface area (Å²) in [5.41, 5.74) is 7.51. The number of hydrogen-bond donors (Lipinski definition) is 0. The summed E-state index contributed by atoms with van der Waals surface area (Å²) in [5.74, 6) is 0. The van der Waals surface area contributed by atoms with E-state index < -0.39 is 0 Å². The van der Waals surface area contributed by atoms with Crippen molar-refractivity contribution in [3.63, 3.8) is 0 Å². The van der Waals surface area contributed by atoms with Crippen LogP contribution in [0.15, 0.2) is 79.3 Å². The Kier molecular flexibility index (Phi) is 3.23. The maximum atomic E-state index is 2.27. The van der Waals surface area contributed by atoms with Gasteiger partial charge in [-0.15, -0.1) is 0 Å². The molecule has 2 nitrogen and oxygen atoms in total. The fourth-order valence-electron chi connectivity index (χ4n) is 3.14. The fraction of sp³-hybridized carbons (Fsp3) is 0.0952. The number of hydrogen-bond acceptors (Lipinski definition) is 0. The minimum absolute atomic E-state index is 1.22. The molecule has 0 aliphatic carbocycles. The Morgan fingerprint density at radius 2 is 1.74 bits per heavy atom. The van der Waals surface area contributed by atoms with Crippen LogP contribution in [0.4, 0.5) is 0 Å². The van der Waals surface area contributed by atoms with E-state index in [1.54, 1.807) is 0 Å². The molecule has 0 saturated carbocycles. The molecule has 0 saturated heterocycles. The van der Waals surface area contributed by atoms with E-state index in [0.29, 0.717) is 0 Å². The SMILES string of the molecule is Cc1cc(-c2ccc3cccn3c2)ccc1-c1cccc[n+]1C. The third-order valence-corrected chi connectivity index (χ3v) is 4.41. The maximum Gasteiger partial charge on any atom is 0.212 e. The van der Waals surface area contributed by atoms with Gasteiger partial charge in [0.05, 0.1) is 0 Å². The Morgan fingerprint density at radius 1 is 0.870 bits per heavy atom. The van der Waals surface area contributed by atoms with Crippen LogP contribution in [0, 0.1) is 6.92 Å². The van der Waals surface area contributed by atoms with Crippen LogP contribution in [-0.4, -0.2) is 4.40 Å². The molecule has 0 amide bonds. The molecule has 23 heavy (non-hydrogen) atoms. The van der Waals surface area contributed by atoms with Gasteiger partial charge in [-0.3, -0.25) is 0 Å². The summed E-state index contributed by atoms with van der Waals surface area (Å²) >= 11 is 0. The first kappa shape index (κ1) is 13.8. The normalized spacial score (nSPS) is 11.0. The predicted molar refractivity (Wildman–Crippen MR) is 94.2 cm³/mol. The van der Waals surface area contributed by atoms with Gasteiger partial charge in [0.25, 0.3) is 0 Å². The van der Waals surface area contributed by atoms with Gasteiger partial charge >= 0.3 is 0 Å². The standard InChI is InChI=1S/C21H19N2/c1-16-14-17(18-8-10-19-6-5-13-23(19)15-18)9-11-20(16)21-7-3-4-12-22(21)2/h3-15H,1-2H3/q+1. The number of aryl methyl sites for hydroxylation is 2. The highest BCUT2D eigenvalue weighted by molar-refractivity contribution is 5.71. The van der Waals surface area contributed by atoms with Crippen LogP contribution in [0.1, 0.15) is 5.56 Å². The minimum atomic E-state index is 1.22. The smallest absolute Gasteiger partial charge is 0.212 e. The molecule has 0 atom stereocenters. The third kappa shape index (κ3) is 2.42. The van der Waals surface area contributed by atoms with Crippen molar-refractivity contribution in [2.75, 3.05) is 0 Å². The molecule has 0 aliphatic heterocycles. The monoisotopic (exact) mass is 299 g/mol. The van der Waals surface area contributed by atoms with Crippen molar-refractivity contribution >= 4 is 5.52 Å². The van der Waals surface area contributed by atoms with Crippen molar-refractivity contribution in [1.82, 2.24) is 4.40 Å². The molecule has 3 aromatic heterocycles. The van der Waals surface area contributed by atoms with Crippen molar-refractivity contribution in [3.8, 4) is 22.4 Å². The van der Waals surface area contributed by atoms with Crippen LogP contribution in [0.25, 0.3) is 27.9 Å². The van der Waals surface area contributed by atoms with Crippen molar-refractivity contribution in [2.45, 2.75) is 6.92 Å². The van der Waals surface area contributed by atoms with Gasteiger partial charge in [-0.2, -0.15) is 0 Å². The summed E-state index contributed by atoms with van der Waals surface area (Å²) < 4.78 is 4.32. The van der Waals surface area contributed by atoms with Crippen molar-refractivity contribution in [1.29, 1.82) is 0 Å². The Morgan fingerprint density at radius 3 is 2.57 bits per heavy atom. The zero-order chi connectivity index (χ0) is 15.8. The zero-order valence-electron chi connectivity index (χ0n) is 13.4. The molecule has 0 aliphatic rings. The predicted octanol–water partition coefficient (Wildman–Crippen LogP) is 4.41. The molecule has 3 heterocycles. The molecule has 112 valence electrons. The molecule has 1 aromatic carbocycles. The number of rotatable bonds is 2. The molecule has 0 bridgehead atoms. The minimum Gasteiger partial charge on any atom is -0.323 e. The van der Waals surface area contributed by atoms with Crippen molar-refractivity contribution < 1.29 is 4.57 Å². The van der Waals surface area contributed by atoms with Gasteiger partial charge in [0.15, 0.2) is 6.20 Å². The van der Waals surface area contributed by atoms with Gasteiger partial charge in [-0.25, -0.2) is 4.57 Å². The second-order valence-corrected chi connectivity index (χ2v) is 5.98. The van der Waals surface area contributed by atoms with E-state index in [1.807, 2.05) is 0 Å². The van der Waals surface area contributed by atoms with Crippen molar-refractivity contribution in [3.05, 3.63) is 84.8 Å². The molecular formula is C21H19N2+. The van der Waals surface area contributed by atoms with Gasteiger partial charge in [0, 0.05) is 35.6 Å². The molecule has 4 rings (SSSR count). The lowest BCUT2D eigenvalue weighted by Crippen LogP contribution is -2.30. The van der Waals surface area contributed by atoms with E-state index in [2.05, 4.69) is 102 Å². The first-order valence-electron chi connectivity index (χ1n) is 7.85. The third-order valence-electron chi connectivity index (χ3n) is 4.41. The Bertz CT molecular complexity index is 996. The van der Waals surface area contributed by atoms with Crippen LogP contribution < -0.4 is 4.57 Å². The largest absolute Gasteiger partial charge is 0.323 e. The van der Waals surface area contributed by atoms with Crippen LogP contribution >= 0.6 is 0 Å². The van der Waals surface area contributed by atoms with Gasteiger partial charge in [-0.1, -0.05) is 18.2 Å². The summed E-state index contributed by atoms with van der Waals surface area (Å²) in [6.45, 7) is 2.18. The Labute approximate surface area is 136 Å². The number of aromatic nitrogens is 2. The molecule has 0 fully saturated rings. The first-order valence-corrected chi connectivity index (χ1v) is 7.85. The highest BCUT2D eigenvalue weighted by Crippen LogP contribution is 2.27. The van der Waals surface area contributed by atoms with Crippen LogP contribution in [0.5, 0.6) is 0 Å². The maximum absolute atomic E-state index is 2.27. The lowest BCUT2D eigenvalue weighted by molar-refractivity contribution is -0.660. The van der Waals surface area contributed by atoms with E-state index in [9.17, 15) is 0 Å². The lowest BCUT2D eigenvalue weighted by atomic mass is 9.98. The highest BCUT2D eigenvalue weighted by Gasteiger charge is 2.12. The lowest BCUT2D eigenvalue weighted by Gasteiger charge is -2.08. The second kappa shape index (κ2) is 5.40. The molecule has 2 heteroatoms. The van der Waals surface area contributed by atoms with E-state index in [1.165, 1.54) is 33.5 Å². The Balaban J connectivity index is 1.80. The summed E-state index contributed by atoms with van der Waals surface area (Å²) in [6.07, 6.45) is 6.36. The summed E-state index contributed by atoms with van der Waals surface area (Å²) in [7, 11) is 2.09. The zero-order valence-corrected chi connectivity index (χ0v) is 13.4. The second-order valence-electron chi connectivity index (χ2n) is 5.98. The van der Waals surface area contributed by atoms with Gasteiger partial charge in [-0.05, 0) is 53.9 Å². The summed E-state index contributed by atoms with van der Waals surface area (Å²) in [5, 5.41) is 0.